The molecule has 0 spiro atoms. The molecule has 0 saturated carbocycles. The lowest BCUT2D eigenvalue weighted by Crippen LogP contribution is -2.47. The molecule has 4 rings (SSSR count). The van der Waals surface area contributed by atoms with E-state index in [-0.39, 0.29) is 35.4 Å². The molecule has 2 heterocycles. The minimum Gasteiger partial charge on any atom is -0.496 e. The molecule has 0 aromatic heterocycles. The maximum Gasteiger partial charge on any atom is 0.286 e. The van der Waals surface area contributed by atoms with Crippen LogP contribution in [0.2, 0.25) is 0 Å². The normalized spacial score (nSPS) is 15.6. The first-order valence-corrected chi connectivity index (χ1v) is 10.7. The Morgan fingerprint density at radius 1 is 1.15 bits per heavy atom. The SMILES string of the molecule is COc1ccccc1CC(=O)N1CCC(NC(=O)c2cc3c(cc2[N+](=O)[O-])OCCO3)CC1. The van der Waals surface area contributed by atoms with Crippen molar-refractivity contribution in [1.82, 2.24) is 10.2 Å². The summed E-state index contributed by atoms with van der Waals surface area (Å²) in [6.07, 6.45) is 1.36. The Morgan fingerprint density at radius 3 is 2.48 bits per heavy atom. The van der Waals surface area contributed by atoms with Crippen LogP contribution in [0.3, 0.4) is 0 Å². The molecule has 10 heteroatoms. The number of piperidine rings is 1. The van der Waals surface area contributed by atoms with Gasteiger partial charge in [0.1, 0.15) is 24.5 Å². The number of hydrogen-bond donors (Lipinski definition) is 1. The molecule has 33 heavy (non-hydrogen) atoms. The molecule has 1 saturated heterocycles. The van der Waals surface area contributed by atoms with Gasteiger partial charge >= 0.3 is 0 Å². The van der Waals surface area contributed by atoms with Crippen LogP contribution in [-0.4, -0.2) is 61.1 Å². The molecule has 2 aliphatic rings. The average molecular weight is 455 g/mol. The molecular formula is C23H25N3O7. The van der Waals surface area contributed by atoms with E-state index in [1.165, 1.54) is 12.1 Å². The van der Waals surface area contributed by atoms with Crippen molar-refractivity contribution in [3.05, 3.63) is 57.6 Å². The Morgan fingerprint density at radius 2 is 1.82 bits per heavy atom. The fourth-order valence-electron chi connectivity index (χ4n) is 4.07. The third-order valence-corrected chi connectivity index (χ3v) is 5.82. The molecule has 0 aliphatic carbocycles. The largest absolute Gasteiger partial charge is 0.496 e. The van der Waals surface area contributed by atoms with Crippen LogP contribution < -0.4 is 19.5 Å². The van der Waals surface area contributed by atoms with Gasteiger partial charge in [0.25, 0.3) is 11.6 Å². The molecule has 2 aliphatic heterocycles. The van der Waals surface area contributed by atoms with Crippen LogP contribution in [0.1, 0.15) is 28.8 Å². The summed E-state index contributed by atoms with van der Waals surface area (Å²) in [7, 11) is 1.57. The summed E-state index contributed by atoms with van der Waals surface area (Å²) >= 11 is 0. The van der Waals surface area contributed by atoms with Crippen LogP contribution in [-0.2, 0) is 11.2 Å². The molecule has 1 fully saturated rings. The molecule has 1 N–H and O–H groups in total. The zero-order chi connectivity index (χ0) is 23.4. The molecule has 10 nitrogen and oxygen atoms in total. The Labute approximate surface area is 190 Å². The highest BCUT2D eigenvalue weighted by molar-refractivity contribution is 5.99. The van der Waals surface area contributed by atoms with E-state index in [9.17, 15) is 19.7 Å². The summed E-state index contributed by atoms with van der Waals surface area (Å²) in [5.74, 6) is 0.693. The first-order valence-electron chi connectivity index (χ1n) is 10.7. The van der Waals surface area contributed by atoms with Gasteiger partial charge in [-0.05, 0) is 18.9 Å². The molecule has 2 aromatic carbocycles. The topological polar surface area (TPSA) is 120 Å². The van der Waals surface area contributed by atoms with E-state index in [2.05, 4.69) is 5.32 Å². The second kappa shape index (κ2) is 9.76. The number of likely N-dealkylation sites (tertiary alicyclic amines) is 1. The molecule has 2 amide bonds. The summed E-state index contributed by atoms with van der Waals surface area (Å²) in [5, 5.41) is 14.4. The van der Waals surface area contributed by atoms with Gasteiger partial charge in [0.05, 0.1) is 24.5 Å². The molecule has 0 bridgehead atoms. The molecule has 0 atom stereocenters. The van der Waals surface area contributed by atoms with Gasteiger partial charge < -0.3 is 24.4 Å². The Balaban J connectivity index is 1.37. The first-order chi connectivity index (χ1) is 16.0. The number of rotatable bonds is 6. The smallest absolute Gasteiger partial charge is 0.286 e. The van der Waals surface area contributed by atoms with Crippen LogP contribution in [0, 0.1) is 10.1 Å². The number of hydrogen-bond acceptors (Lipinski definition) is 7. The van der Waals surface area contributed by atoms with Crippen LogP contribution in [0.15, 0.2) is 36.4 Å². The summed E-state index contributed by atoms with van der Waals surface area (Å²) < 4.78 is 16.2. The maximum absolute atomic E-state index is 12.8. The summed E-state index contributed by atoms with van der Waals surface area (Å²) in [4.78, 5) is 38.2. The first kappa shape index (κ1) is 22.4. The van der Waals surface area contributed by atoms with E-state index in [4.69, 9.17) is 14.2 Å². The Kier molecular flexibility index (Phi) is 6.62. The fourth-order valence-corrected chi connectivity index (χ4v) is 4.07. The van der Waals surface area contributed by atoms with Crippen molar-refractivity contribution in [2.45, 2.75) is 25.3 Å². The fraction of sp³-hybridized carbons (Fsp3) is 0.391. The van der Waals surface area contributed by atoms with Gasteiger partial charge in [-0.1, -0.05) is 18.2 Å². The van der Waals surface area contributed by atoms with Crippen molar-refractivity contribution in [2.75, 3.05) is 33.4 Å². The summed E-state index contributed by atoms with van der Waals surface area (Å²) in [6, 6.07) is 9.79. The summed E-state index contributed by atoms with van der Waals surface area (Å²) in [5.41, 5.74) is 0.423. The van der Waals surface area contributed by atoms with Gasteiger partial charge in [0, 0.05) is 30.8 Å². The van der Waals surface area contributed by atoms with Gasteiger partial charge in [0.15, 0.2) is 11.5 Å². The number of fused-ring (bicyclic) bond motifs is 1. The van der Waals surface area contributed by atoms with Gasteiger partial charge in [-0.15, -0.1) is 0 Å². The van der Waals surface area contributed by atoms with Crippen molar-refractivity contribution in [2.24, 2.45) is 0 Å². The van der Waals surface area contributed by atoms with Gasteiger partial charge in [-0.25, -0.2) is 0 Å². The quantitative estimate of drug-likeness (QED) is 0.524. The maximum atomic E-state index is 12.8. The lowest BCUT2D eigenvalue weighted by Gasteiger charge is -2.32. The highest BCUT2D eigenvalue weighted by Gasteiger charge is 2.29. The van der Waals surface area contributed by atoms with Crippen molar-refractivity contribution in [1.29, 1.82) is 0 Å². The zero-order valence-corrected chi connectivity index (χ0v) is 18.2. The van der Waals surface area contributed by atoms with Crippen molar-refractivity contribution in [3.63, 3.8) is 0 Å². The number of carbonyl (C=O) groups is 2. The number of nitro benzene ring substituents is 1. The minimum atomic E-state index is -0.605. The van der Waals surface area contributed by atoms with E-state index < -0.39 is 10.8 Å². The number of nitrogens with one attached hydrogen (secondary N) is 1. The predicted molar refractivity (Wildman–Crippen MR) is 118 cm³/mol. The Bertz CT molecular complexity index is 1060. The third-order valence-electron chi connectivity index (χ3n) is 5.82. The lowest BCUT2D eigenvalue weighted by molar-refractivity contribution is -0.385. The molecule has 0 radical (unpaired) electrons. The highest BCUT2D eigenvalue weighted by atomic mass is 16.6. The molecule has 174 valence electrons. The minimum absolute atomic E-state index is 0.00764. The highest BCUT2D eigenvalue weighted by Crippen LogP contribution is 2.36. The summed E-state index contributed by atoms with van der Waals surface area (Å²) in [6.45, 7) is 1.58. The van der Waals surface area contributed by atoms with Crippen LogP contribution in [0.25, 0.3) is 0 Å². The third kappa shape index (κ3) is 5.00. The van der Waals surface area contributed by atoms with Gasteiger partial charge in [0.2, 0.25) is 5.91 Å². The monoisotopic (exact) mass is 455 g/mol. The van der Waals surface area contributed by atoms with Crippen molar-refractivity contribution < 1.29 is 28.7 Å². The number of amides is 2. The molecule has 0 unspecified atom stereocenters. The number of ether oxygens (including phenoxy) is 3. The van der Waals surface area contributed by atoms with Crippen molar-refractivity contribution in [3.8, 4) is 17.2 Å². The number of carbonyl (C=O) groups excluding carboxylic acids is 2. The molecular weight excluding hydrogens is 430 g/mol. The van der Waals surface area contributed by atoms with E-state index in [0.29, 0.717) is 50.6 Å². The van der Waals surface area contributed by atoms with E-state index in [1.807, 2.05) is 24.3 Å². The number of para-hydroxylation sites is 1. The van der Waals surface area contributed by atoms with Crippen LogP contribution in [0.4, 0.5) is 5.69 Å². The number of benzene rings is 2. The second-order valence-electron chi connectivity index (χ2n) is 7.89. The second-order valence-corrected chi connectivity index (χ2v) is 7.89. The van der Waals surface area contributed by atoms with Gasteiger partial charge in [-0.2, -0.15) is 0 Å². The van der Waals surface area contributed by atoms with Crippen LogP contribution in [0.5, 0.6) is 17.2 Å². The lowest BCUT2D eigenvalue weighted by atomic mass is 10.0. The standard InChI is InChI=1S/C23H25N3O7/c1-31-19-5-3-2-4-15(19)12-22(27)25-8-6-16(7-9-25)24-23(28)17-13-20-21(33-11-10-32-20)14-18(17)26(29)30/h2-5,13-14,16H,6-12H2,1H3,(H,24,28). The van der Waals surface area contributed by atoms with Crippen molar-refractivity contribution >= 4 is 17.5 Å². The van der Waals surface area contributed by atoms with E-state index >= 15 is 0 Å². The molecule has 2 aromatic rings. The van der Waals surface area contributed by atoms with Gasteiger partial charge in [-0.3, -0.25) is 19.7 Å². The van der Waals surface area contributed by atoms with E-state index in [0.717, 1.165) is 5.56 Å². The Hall–Kier alpha value is -3.82. The number of nitro groups is 1. The number of methoxy groups -OCH3 is 1. The van der Waals surface area contributed by atoms with E-state index in [1.54, 1.807) is 12.0 Å². The van der Waals surface area contributed by atoms with Crippen LogP contribution >= 0.6 is 0 Å². The predicted octanol–water partition coefficient (Wildman–Crippen LogP) is 2.34. The zero-order valence-electron chi connectivity index (χ0n) is 18.2. The average Bonchev–Trinajstić information content (AvgIpc) is 2.83. The number of nitrogens with zero attached hydrogens (tertiary/aromatic N) is 2.